The molecule has 1 fully saturated rings. The van der Waals surface area contributed by atoms with Crippen molar-refractivity contribution in [1.82, 2.24) is 15.1 Å². The van der Waals surface area contributed by atoms with Crippen LogP contribution in [-0.4, -0.2) is 60.3 Å². The maximum absolute atomic E-state index is 12.7. The topological polar surface area (TPSA) is 52.6 Å². The molecule has 0 saturated carbocycles. The molecule has 0 bridgehead atoms. The van der Waals surface area contributed by atoms with Crippen LogP contribution in [0.3, 0.4) is 0 Å². The molecule has 0 unspecified atom stereocenters. The van der Waals surface area contributed by atoms with Gasteiger partial charge in [-0.3, -0.25) is 4.79 Å². The van der Waals surface area contributed by atoms with E-state index in [1.54, 1.807) is 11.0 Å². The molecule has 2 heterocycles. The highest BCUT2D eigenvalue weighted by Gasteiger charge is 2.20. The number of likely N-dealkylation sites (N-methyl/N-ethyl adjacent to an activating group) is 1. The lowest BCUT2D eigenvalue weighted by Gasteiger charge is -2.34. The van der Waals surface area contributed by atoms with Crippen LogP contribution in [0.1, 0.15) is 24.3 Å². The minimum absolute atomic E-state index is 0.122. The van der Waals surface area contributed by atoms with E-state index < -0.39 is 0 Å². The van der Waals surface area contributed by atoms with Gasteiger partial charge in [-0.2, -0.15) is 0 Å². The first kappa shape index (κ1) is 17.4. The molecule has 3 rings (SSSR count). The second-order valence-corrected chi connectivity index (χ2v) is 6.08. The zero-order valence-corrected chi connectivity index (χ0v) is 14.9. The van der Waals surface area contributed by atoms with E-state index in [0.717, 1.165) is 44.2 Å². The molecule has 1 saturated heterocycles. The Labute approximate surface area is 149 Å². The molecule has 25 heavy (non-hydrogen) atoms. The number of rotatable bonds is 5. The number of amides is 1. The van der Waals surface area contributed by atoms with Crippen molar-refractivity contribution in [2.45, 2.75) is 13.8 Å². The third-order valence-corrected chi connectivity index (χ3v) is 4.64. The van der Waals surface area contributed by atoms with Crippen molar-refractivity contribution in [3.05, 3.63) is 48.2 Å². The molecule has 0 radical (unpaired) electrons. The summed E-state index contributed by atoms with van der Waals surface area (Å²) in [5.41, 5.74) is 1.25. The molecule has 132 valence electrons. The lowest BCUT2D eigenvalue weighted by molar-refractivity contribution is 0.0982. The van der Waals surface area contributed by atoms with Crippen LogP contribution in [0.25, 0.3) is 0 Å². The smallest absolute Gasteiger partial charge is 0.278 e. The van der Waals surface area contributed by atoms with Gasteiger partial charge in [0.2, 0.25) is 0 Å². The van der Waals surface area contributed by atoms with Gasteiger partial charge >= 0.3 is 0 Å². The van der Waals surface area contributed by atoms with E-state index in [0.29, 0.717) is 12.2 Å². The van der Waals surface area contributed by atoms with Crippen LogP contribution in [-0.2, 0) is 0 Å². The maximum Gasteiger partial charge on any atom is 0.278 e. The van der Waals surface area contributed by atoms with E-state index in [1.165, 1.54) is 0 Å². The van der Waals surface area contributed by atoms with Gasteiger partial charge in [0.15, 0.2) is 11.5 Å². The highest BCUT2D eigenvalue weighted by Crippen LogP contribution is 2.17. The van der Waals surface area contributed by atoms with Gasteiger partial charge in [-0.15, -0.1) is 10.2 Å². The SMILES string of the molecule is CCN1CCN(c2ccc(C(=O)N(CC)c3ccccc3)nn2)CC1. The van der Waals surface area contributed by atoms with E-state index in [9.17, 15) is 4.79 Å². The zero-order valence-electron chi connectivity index (χ0n) is 14.9. The molecule has 1 aliphatic heterocycles. The van der Waals surface area contributed by atoms with Gasteiger partial charge in [0.1, 0.15) is 0 Å². The first-order chi connectivity index (χ1) is 12.2. The summed E-state index contributed by atoms with van der Waals surface area (Å²) in [5.74, 6) is 0.721. The molecule has 6 heteroatoms. The predicted molar refractivity (Wildman–Crippen MR) is 100 cm³/mol. The van der Waals surface area contributed by atoms with E-state index in [4.69, 9.17) is 0 Å². The highest BCUT2D eigenvalue weighted by atomic mass is 16.2. The van der Waals surface area contributed by atoms with Crippen LogP contribution >= 0.6 is 0 Å². The Bertz CT molecular complexity index is 681. The first-order valence-corrected chi connectivity index (χ1v) is 8.91. The Kier molecular flexibility index (Phi) is 5.60. The Hall–Kier alpha value is -2.47. The number of benzene rings is 1. The molecule has 0 aliphatic carbocycles. The van der Waals surface area contributed by atoms with Crippen molar-refractivity contribution in [1.29, 1.82) is 0 Å². The summed E-state index contributed by atoms with van der Waals surface area (Å²) in [5, 5.41) is 8.49. The number of hydrogen-bond acceptors (Lipinski definition) is 5. The number of anilines is 2. The monoisotopic (exact) mass is 339 g/mol. The summed E-state index contributed by atoms with van der Waals surface area (Å²) in [6.45, 7) is 9.78. The fraction of sp³-hybridized carbons (Fsp3) is 0.421. The highest BCUT2D eigenvalue weighted by molar-refractivity contribution is 6.04. The zero-order chi connectivity index (χ0) is 17.6. The summed E-state index contributed by atoms with van der Waals surface area (Å²) in [4.78, 5) is 19.1. The molecule has 1 aromatic carbocycles. The Morgan fingerprint density at radius 1 is 1.00 bits per heavy atom. The number of nitrogens with zero attached hydrogens (tertiary/aromatic N) is 5. The quantitative estimate of drug-likeness (QED) is 0.836. The number of piperazine rings is 1. The van der Waals surface area contributed by atoms with Crippen molar-refractivity contribution >= 4 is 17.4 Å². The Morgan fingerprint density at radius 2 is 1.72 bits per heavy atom. The molecular weight excluding hydrogens is 314 g/mol. The molecular formula is C19H25N5O. The maximum atomic E-state index is 12.7. The molecule has 0 atom stereocenters. The van der Waals surface area contributed by atoms with Gasteiger partial charge < -0.3 is 14.7 Å². The van der Waals surface area contributed by atoms with E-state index >= 15 is 0 Å². The van der Waals surface area contributed by atoms with Crippen molar-refractivity contribution in [2.24, 2.45) is 0 Å². The van der Waals surface area contributed by atoms with E-state index in [-0.39, 0.29) is 5.91 Å². The van der Waals surface area contributed by atoms with Crippen molar-refractivity contribution in [2.75, 3.05) is 49.1 Å². The Morgan fingerprint density at radius 3 is 2.28 bits per heavy atom. The van der Waals surface area contributed by atoms with Crippen molar-refractivity contribution in [3.63, 3.8) is 0 Å². The minimum atomic E-state index is -0.122. The van der Waals surface area contributed by atoms with E-state index in [2.05, 4.69) is 26.9 Å². The fourth-order valence-corrected chi connectivity index (χ4v) is 3.09. The number of para-hydroxylation sites is 1. The molecule has 0 N–H and O–H groups in total. The average Bonchev–Trinajstić information content (AvgIpc) is 2.69. The first-order valence-electron chi connectivity index (χ1n) is 8.91. The Balaban J connectivity index is 1.70. The van der Waals surface area contributed by atoms with Gasteiger partial charge in [0.05, 0.1) is 0 Å². The second kappa shape index (κ2) is 8.07. The lowest BCUT2D eigenvalue weighted by atomic mass is 10.2. The van der Waals surface area contributed by atoms with Gasteiger partial charge in [-0.25, -0.2) is 0 Å². The fourth-order valence-electron chi connectivity index (χ4n) is 3.09. The average molecular weight is 339 g/mol. The molecule has 6 nitrogen and oxygen atoms in total. The van der Waals surface area contributed by atoms with Crippen LogP contribution in [0.15, 0.2) is 42.5 Å². The number of hydrogen-bond donors (Lipinski definition) is 0. The van der Waals surface area contributed by atoms with Gasteiger partial charge in [0, 0.05) is 38.4 Å². The summed E-state index contributed by atoms with van der Waals surface area (Å²) in [7, 11) is 0. The molecule has 1 aliphatic rings. The number of carbonyl (C=O) groups is 1. The van der Waals surface area contributed by atoms with Crippen molar-refractivity contribution < 1.29 is 4.79 Å². The lowest BCUT2D eigenvalue weighted by Crippen LogP contribution is -2.46. The van der Waals surface area contributed by atoms with Crippen molar-refractivity contribution in [3.8, 4) is 0 Å². The van der Waals surface area contributed by atoms with E-state index in [1.807, 2.05) is 43.3 Å². The van der Waals surface area contributed by atoms with Crippen LogP contribution in [0.5, 0.6) is 0 Å². The van der Waals surface area contributed by atoms with Gasteiger partial charge in [-0.05, 0) is 37.7 Å². The predicted octanol–water partition coefficient (Wildman–Crippen LogP) is 2.29. The number of carbonyl (C=O) groups excluding carboxylic acids is 1. The summed E-state index contributed by atoms with van der Waals surface area (Å²) in [6.07, 6.45) is 0. The third kappa shape index (κ3) is 3.96. The standard InChI is InChI=1S/C19H25N5O/c1-3-22-12-14-23(15-13-22)18-11-10-17(20-21-18)19(25)24(4-2)16-8-6-5-7-9-16/h5-11H,3-4,12-15H2,1-2H3. The van der Waals surface area contributed by atoms with Crippen LogP contribution in [0.4, 0.5) is 11.5 Å². The van der Waals surface area contributed by atoms with Crippen LogP contribution in [0, 0.1) is 0 Å². The second-order valence-electron chi connectivity index (χ2n) is 6.08. The molecule has 1 aromatic heterocycles. The number of aromatic nitrogens is 2. The van der Waals surface area contributed by atoms with Gasteiger partial charge in [0.25, 0.3) is 5.91 Å². The van der Waals surface area contributed by atoms with Crippen LogP contribution < -0.4 is 9.80 Å². The largest absolute Gasteiger partial charge is 0.353 e. The molecule has 0 spiro atoms. The minimum Gasteiger partial charge on any atom is -0.353 e. The van der Waals surface area contributed by atoms with Gasteiger partial charge in [-0.1, -0.05) is 25.1 Å². The summed E-state index contributed by atoms with van der Waals surface area (Å²) in [6, 6.07) is 13.3. The normalized spacial score (nSPS) is 15.2. The molecule has 2 aromatic rings. The summed E-state index contributed by atoms with van der Waals surface area (Å²) >= 11 is 0. The summed E-state index contributed by atoms with van der Waals surface area (Å²) < 4.78 is 0. The molecule has 1 amide bonds. The third-order valence-electron chi connectivity index (χ3n) is 4.64. The van der Waals surface area contributed by atoms with Crippen LogP contribution in [0.2, 0.25) is 0 Å².